The molecule has 9 atom stereocenters. The van der Waals surface area contributed by atoms with E-state index in [2.05, 4.69) is 10.3 Å². The fourth-order valence-corrected chi connectivity index (χ4v) is 4.41. The van der Waals surface area contributed by atoms with Crippen LogP contribution in [0.15, 0.2) is 4.99 Å². The summed E-state index contributed by atoms with van der Waals surface area (Å²) in [6, 6.07) is 0. The summed E-state index contributed by atoms with van der Waals surface area (Å²) in [6.45, 7) is -0.798. The average Bonchev–Trinajstić information content (AvgIpc) is 2.52. The molecular formula is C12H19N3O8. The highest BCUT2D eigenvalue weighted by Gasteiger charge is 2.83. The summed E-state index contributed by atoms with van der Waals surface area (Å²) >= 11 is 0. The quantitative estimate of drug-likeness (QED) is 0.259. The van der Waals surface area contributed by atoms with Gasteiger partial charge in [0.2, 0.25) is 0 Å². The van der Waals surface area contributed by atoms with Crippen molar-refractivity contribution in [3.05, 3.63) is 0 Å². The molecule has 5 aliphatic rings. The number of aliphatic hydroxyl groups excluding tert-OH is 3. The van der Waals surface area contributed by atoms with Gasteiger partial charge in [-0.3, -0.25) is 0 Å². The molecule has 0 aromatic carbocycles. The number of nitrogens with zero attached hydrogens (tertiary/aromatic N) is 1. The zero-order valence-electron chi connectivity index (χ0n) is 12.2. The molecule has 1 unspecified atom stereocenters. The summed E-state index contributed by atoms with van der Waals surface area (Å²) in [5.74, 6) is -3.51. The van der Waals surface area contributed by atoms with Crippen LogP contribution in [0.2, 0.25) is 0 Å². The van der Waals surface area contributed by atoms with E-state index in [1.807, 2.05) is 0 Å². The molecule has 8 N–H and O–H groups in total. The molecule has 1 spiro atoms. The molecule has 4 bridgehead atoms. The summed E-state index contributed by atoms with van der Waals surface area (Å²) in [6.07, 6.45) is -6.87. The third-order valence-electron chi connectivity index (χ3n) is 5.44. The van der Waals surface area contributed by atoms with Crippen molar-refractivity contribution < 1.29 is 39.7 Å². The van der Waals surface area contributed by atoms with Gasteiger partial charge in [-0.25, -0.2) is 4.99 Å². The first-order valence-corrected chi connectivity index (χ1v) is 7.16. The van der Waals surface area contributed by atoms with Crippen molar-refractivity contribution >= 4 is 5.96 Å². The summed E-state index contributed by atoms with van der Waals surface area (Å²) in [5, 5.41) is 54.9. The van der Waals surface area contributed by atoms with E-state index < -0.39 is 60.3 Å². The lowest BCUT2D eigenvalue weighted by Crippen LogP contribution is -2.95. The monoisotopic (exact) mass is 333 g/mol. The maximum Gasteiger partial charge on any atom is 0.311 e. The van der Waals surface area contributed by atoms with Gasteiger partial charge in [0.15, 0.2) is 18.3 Å². The van der Waals surface area contributed by atoms with Crippen molar-refractivity contribution in [2.45, 2.75) is 47.8 Å². The zero-order chi connectivity index (χ0) is 16.8. The molecule has 11 nitrogen and oxygen atoms in total. The Kier molecular flexibility index (Phi) is 2.90. The number of aliphatic imine (C=N–C) groups is 1. The fourth-order valence-electron chi connectivity index (χ4n) is 4.41. The van der Waals surface area contributed by atoms with Gasteiger partial charge in [0.25, 0.3) is 0 Å². The third kappa shape index (κ3) is 1.49. The minimum Gasteiger partial charge on any atom is -0.393 e. The lowest BCUT2D eigenvalue weighted by atomic mass is 9.55. The number of hydrogen-bond donors (Lipinski definition) is 7. The number of ether oxygens (including phenoxy) is 3. The third-order valence-corrected chi connectivity index (χ3v) is 5.44. The van der Waals surface area contributed by atoms with Gasteiger partial charge in [-0.1, -0.05) is 0 Å². The molecule has 5 rings (SSSR count). The molecule has 0 aromatic heterocycles. The van der Waals surface area contributed by atoms with E-state index in [9.17, 15) is 25.5 Å². The van der Waals surface area contributed by atoms with Gasteiger partial charge >= 0.3 is 5.97 Å². The first kappa shape index (κ1) is 15.5. The van der Waals surface area contributed by atoms with Crippen LogP contribution in [-0.4, -0.2) is 93.0 Å². The van der Waals surface area contributed by atoms with Gasteiger partial charge in [-0.2, -0.15) is 0 Å². The maximum absolute atomic E-state index is 10.8. The molecule has 4 heterocycles. The number of hydrogen-bond acceptors (Lipinski definition) is 11. The van der Waals surface area contributed by atoms with Gasteiger partial charge < -0.3 is 50.8 Å². The number of rotatable bonds is 2. The number of methoxy groups -OCH3 is 1. The average molecular weight is 333 g/mol. The highest BCUT2D eigenvalue weighted by molar-refractivity contribution is 5.80. The van der Waals surface area contributed by atoms with Crippen LogP contribution in [0, 0.1) is 5.92 Å². The van der Waals surface area contributed by atoms with E-state index >= 15 is 0 Å². The second-order valence-corrected chi connectivity index (χ2v) is 6.43. The van der Waals surface area contributed by atoms with Crippen molar-refractivity contribution in [2.24, 2.45) is 16.6 Å². The predicted octanol–water partition coefficient (Wildman–Crippen LogP) is -4.87. The molecule has 0 aromatic rings. The molecule has 130 valence electrons. The van der Waals surface area contributed by atoms with Crippen LogP contribution in [-0.2, 0) is 14.2 Å². The minimum atomic E-state index is -2.46. The predicted molar refractivity (Wildman–Crippen MR) is 70.5 cm³/mol. The van der Waals surface area contributed by atoms with Gasteiger partial charge in [-0.05, 0) is 0 Å². The molecule has 23 heavy (non-hydrogen) atoms. The molecule has 0 amide bonds. The van der Waals surface area contributed by atoms with Crippen molar-refractivity contribution in [1.29, 1.82) is 0 Å². The van der Waals surface area contributed by atoms with Crippen molar-refractivity contribution in [2.75, 3.05) is 13.7 Å². The Balaban J connectivity index is 1.94. The summed E-state index contributed by atoms with van der Waals surface area (Å²) in [7, 11) is 1.34. The first-order chi connectivity index (χ1) is 10.7. The number of aliphatic hydroxyl groups is 5. The number of nitrogens with one attached hydrogen (secondary N) is 1. The summed E-state index contributed by atoms with van der Waals surface area (Å²) in [4.78, 5) is 4.04. The Morgan fingerprint density at radius 1 is 1.30 bits per heavy atom. The SMILES string of the molecule is CO[C@H]1N=C(N)NC23[C@@H]1[C@H]1O[C@](O)(O[C@H]([C@@H]2O)[C@]1(O)CO)[C@H]3O. The van der Waals surface area contributed by atoms with Gasteiger partial charge in [0, 0.05) is 7.11 Å². The van der Waals surface area contributed by atoms with E-state index in [-0.39, 0.29) is 5.96 Å². The molecule has 3 saturated heterocycles. The Hall–Kier alpha value is -1.05. The first-order valence-electron chi connectivity index (χ1n) is 7.16. The molecular weight excluding hydrogens is 314 g/mol. The molecule has 4 fully saturated rings. The lowest BCUT2D eigenvalue weighted by molar-refractivity contribution is -0.548. The van der Waals surface area contributed by atoms with Crippen LogP contribution in [0.25, 0.3) is 0 Å². The Morgan fingerprint density at radius 2 is 1.96 bits per heavy atom. The van der Waals surface area contributed by atoms with Crippen LogP contribution >= 0.6 is 0 Å². The Labute approximate surface area is 130 Å². The molecule has 1 aliphatic carbocycles. The summed E-state index contributed by atoms with van der Waals surface area (Å²) < 4.78 is 15.7. The van der Waals surface area contributed by atoms with Gasteiger partial charge in [0.05, 0.1) is 12.5 Å². The van der Waals surface area contributed by atoms with Crippen LogP contribution in [0.4, 0.5) is 0 Å². The highest BCUT2D eigenvalue weighted by atomic mass is 16.9. The number of guanidine groups is 1. The van der Waals surface area contributed by atoms with Crippen LogP contribution < -0.4 is 11.1 Å². The Bertz CT molecular complexity index is 577. The molecule has 1 saturated carbocycles. The smallest absolute Gasteiger partial charge is 0.311 e. The molecule has 4 aliphatic heterocycles. The number of nitrogens with two attached hydrogens (primary N) is 1. The van der Waals surface area contributed by atoms with Gasteiger partial charge in [-0.15, -0.1) is 0 Å². The highest BCUT2D eigenvalue weighted by Crippen LogP contribution is 2.58. The van der Waals surface area contributed by atoms with Crippen molar-refractivity contribution in [3.8, 4) is 0 Å². The standard InChI is InChI=1S/C12H19N3O8/c1-21-7-3-5-10(19,2-16)6-4(17)11(3,15-9(13)14-7)8(18)12(20,22-5)23-6/h3-8,16-20H,2H2,1H3,(H3,13,14,15)/t3-,4+,5-,6-,7-,8+,10+,11?,12+/m1/s1. The van der Waals surface area contributed by atoms with E-state index in [0.717, 1.165) is 0 Å². The maximum atomic E-state index is 10.8. The van der Waals surface area contributed by atoms with Crippen LogP contribution in [0.3, 0.4) is 0 Å². The van der Waals surface area contributed by atoms with Crippen molar-refractivity contribution in [1.82, 2.24) is 5.32 Å². The normalized spacial score (nSPS) is 60.2. The van der Waals surface area contributed by atoms with E-state index in [1.54, 1.807) is 0 Å². The minimum absolute atomic E-state index is 0.107. The second-order valence-electron chi connectivity index (χ2n) is 6.43. The van der Waals surface area contributed by atoms with E-state index in [1.165, 1.54) is 7.11 Å². The lowest BCUT2D eigenvalue weighted by Gasteiger charge is -2.71. The summed E-state index contributed by atoms with van der Waals surface area (Å²) in [5.41, 5.74) is 2.10. The topological polar surface area (TPSA) is 179 Å². The van der Waals surface area contributed by atoms with E-state index in [0.29, 0.717) is 0 Å². The second kappa shape index (κ2) is 4.32. The van der Waals surface area contributed by atoms with Crippen LogP contribution in [0.5, 0.6) is 0 Å². The van der Waals surface area contributed by atoms with E-state index in [4.69, 9.17) is 19.9 Å². The fraction of sp³-hybridized carbons (Fsp3) is 0.917. The van der Waals surface area contributed by atoms with Gasteiger partial charge in [0.1, 0.15) is 29.5 Å². The largest absolute Gasteiger partial charge is 0.393 e. The Morgan fingerprint density at radius 3 is 2.57 bits per heavy atom. The molecule has 0 radical (unpaired) electrons. The molecule has 11 heteroatoms. The van der Waals surface area contributed by atoms with Crippen molar-refractivity contribution in [3.63, 3.8) is 0 Å². The zero-order valence-corrected chi connectivity index (χ0v) is 12.2. The van der Waals surface area contributed by atoms with Crippen LogP contribution in [0.1, 0.15) is 0 Å².